The molecule has 1 aliphatic rings. The third-order valence-electron chi connectivity index (χ3n) is 3.21. The van der Waals surface area contributed by atoms with E-state index in [0.29, 0.717) is 25.2 Å². The lowest BCUT2D eigenvalue weighted by Crippen LogP contribution is -2.48. The minimum absolute atomic E-state index is 0.269. The smallest absolute Gasteiger partial charge is 0.308 e. The van der Waals surface area contributed by atoms with Gasteiger partial charge in [0.15, 0.2) is 0 Å². The van der Waals surface area contributed by atoms with Gasteiger partial charge in [-0.1, -0.05) is 26.0 Å². The molecule has 0 saturated heterocycles. The van der Waals surface area contributed by atoms with Crippen molar-refractivity contribution in [3.8, 4) is 0 Å². The van der Waals surface area contributed by atoms with Gasteiger partial charge in [0.1, 0.15) is 0 Å². The molecule has 0 aromatic carbocycles. The highest BCUT2D eigenvalue weighted by Gasteiger charge is 2.36. The van der Waals surface area contributed by atoms with Crippen molar-refractivity contribution in [1.82, 2.24) is 5.32 Å². The molecule has 0 bridgehead atoms. The summed E-state index contributed by atoms with van der Waals surface area (Å²) in [6.45, 7) is 7.77. The summed E-state index contributed by atoms with van der Waals surface area (Å²) in [7, 11) is 0. The van der Waals surface area contributed by atoms with Gasteiger partial charge >= 0.3 is 5.97 Å². The molecule has 5 heteroatoms. The molecule has 1 aliphatic carbocycles. The van der Waals surface area contributed by atoms with Crippen LogP contribution in [0.4, 0.5) is 0 Å². The van der Waals surface area contributed by atoms with Crippen LogP contribution in [0.25, 0.3) is 0 Å². The van der Waals surface area contributed by atoms with Crippen LogP contribution in [0.2, 0.25) is 0 Å². The topological polar surface area (TPSA) is 92.4 Å². The van der Waals surface area contributed by atoms with Crippen LogP contribution in [0, 0.1) is 11.8 Å². The van der Waals surface area contributed by atoms with Gasteiger partial charge in [-0.3, -0.25) is 9.59 Å². The van der Waals surface area contributed by atoms with E-state index in [1.165, 1.54) is 0 Å². The number of hydrogen-bond acceptors (Lipinski definition) is 3. The molecule has 0 aromatic rings. The van der Waals surface area contributed by atoms with Crippen molar-refractivity contribution in [2.24, 2.45) is 17.6 Å². The van der Waals surface area contributed by atoms with Crippen LogP contribution < -0.4 is 11.1 Å². The van der Waals surface area contributed by atoms with E-state index in [2.05, 4.69) is 11.9 Å². The van der Waals surface area contributed by atoms with Gasteiger partial charge in [-0.25, -0.2) is 0 Å². The molecule has 0 heterocycles. The first-order valence-electron chi connectivity index (χ1n) is 6.26. The number of carbonyl (C=O) groups excluding carboxylic acids is 1. The molecule has 5 nitrogen and oxygen atoms in total. The minimum Gasteiger partial charge on any atom is -0.481 e. The van der Waals surface area contributed by atoms with Crippen molar-refractivity contribution < 1.29 is 14.7 Å². The molecule has 0 aliphatic heterocycles. The zero-order valence-electron chi connectivity index (χ0n) is 11.0. The fourth-order valence-corrected chi connectivity index (χ4v) is 2.31. The number of carbonyl (C=O) groups is 2. The van der Waals surface area contributed by atoms with Crippen molar-refractivity contribution in [2.75, 3.05) is 0 Å². The number of carboxylic acids is 1. The third kappa shape index (κ3) is 3.84. The molecule has 1 rings (SSSR count). The maximum absolute atomic E-state index is 11.9. The fourth-order valence-electron chi connectivity index (χ4n) is 2.31. The van der Waals surface area contributed by atoms with Crippen LogP contribution >= 0.6 is 0 Å². The predicted octanol–water partition coefficient (Wildman–Crippen LogP) is 0.895. The van der Waals surface area contributed by atoms with E-state index >= 15 is 0 Å². The summed E-state index contributed by atoms with van der Waals surface area (Å²) < 4.78 is 0. The first-order chi connectivity index (χ1) is 8.31. The van der Waals surface area contributed by atoms with Crippen molar-refractivity contribution in [2.45, 2.75) is 45.2 Å². The highest BCUT2D eigenvalue weighted by molar-refractivity contribution is 5.83. The lowest BCUT2D eigenvalue weighted by Gasteiger charge is -2.20. The quantitative estimate of drug-likeness (QED) is 0.635. The Morgan fingerprint density at radius 3 is 2.61 bits per heavy atom. The van der Waals surface area contributed by atoms with E-state index in [4.69, 9.17) is 10.8 Å². The van der Waals surface area contributed by atoms with Gasteiger partial charge in [-0.2, -0.15) is 0 Å². The Morgan fingerprint density at radius 1 is 1.50 bits per heavy atom. The van der Waals surface area contributed by atoms with Gasteiger partial charge in [0.25, 0.3) is 0 Å². The average Bonchev–Trinajstić information content (AvgIpc) is 2.58. The van der Waals surface area contributed by atoms with Crippen molar-refractivity contribution in [3.63, 3.8) is 0 Å². The molecule has 18 heavy (non-hydrogen) atoms. The molecular formula is C13H22N2O3. The molecule has 0 aromatic heterocycles. The van der Waals surface area contributed by atoms with Gasteiger partial charge in [0.05, 0.1) is 12.0 Å². The Kier molecular flexibility index (Phi) is 4.90. The summed E-state index contributed by atoms with van der Waals surface area (Å²) in [4.78, 5) is 22.9. The minimum atomic E-state index is -0.892. The normalized spacial score (nSPS) is 25.2. The van der Waals surface area contributed by atoms with Gasteiger partial charge in [-0.05, 0) is 25.2 Å². The summed E-state index contributed by atoms with van der Waals surface area (Å²) in [5.74, 6) is -1.40. The number of aliphatic carboxylic acids is 1. The molecular weight excluding hydrogens is 232 g/mol. The summed E-state index contributed by atoms with van der Waals surface area (Å²) >= 11 is 0. The highest BCUT2D eigenvalue weighted by atomic mass is 16.4. The summed E-state index contributed by atoms with van der Waals surface area (Å²) in [6, 6.07) is -0.950. The fraction of sp³-hybridized carbons (Fsp3) is 0.692. The maximum Gasteiger partial charge on any atom is 0.308 e. The zero-order chi connectivity index (χ0) is 13.9. The Bertz CT molecular complexity index is 352. The number of nitrogens with two attached hydrogens (primary N) is 1. The molecule has 1 saturated carbocycles. The molecule has 4 N–H and O–H groups in total. The van der Waals surface area contributed by atoms with Crippen LogP contribution in [0.15, 0.2) is 12.2 Å². The van der Waals surface area contributed by atoms with E-state index in [9.17, 15) is 9.59 Å². The molecule has 0 unspecified atom stereocenters. The van der Waals surface area contributed by atoms with E-state index in [-0.39, 0.29) is 11.9 Å². The van der Waals surface area contributed by atoms with Crippen LogP contribution in [0.1, 0.15) is 33.1 Å². The van der Waals surface area contributed by atoms with E-state index in [1.807, 2.05) is 13.8 Å². The van der Waals surface area contributed by atoms with Gasteiger partial charge in [0, 0.05) is 6.04 Å². The molecule has 0 radical (unpaired) electrons. The summed E-state index contributed by atoms with van der Waals surface area (Å²) in [5.41, 5.74) is 6.64. The number of carboxylic acid groups (broad SMARTS) is 1. The second kappa shape index (κ2) is 6.00. The average molecular weight is 254 g/mol. The lowest BCUT2D eigenvalue weighted by molar-refractivity contribution is -0.142. The largest absolute Gasteiger partial charge is 0.481 e. The van der Waals surface area contributed by atoms with Gasteiger partial charge in [0.2, 0.25) is 5.91 Å². The van der Waals surface area contributed by atoms with E-state index in [1.54, 1.807) is 0 Å². The predicted molar refractivity (Wildman–Crippen MR) is 68.9 cm³/mol. The van der Waals surface area contributed by atoms with E-state index < -0.39 is 17.9 Å². The van der Waals surface area contributed by atoms with Crippen LogP contribution in [0.3, 0.4) is 0 Å². The summed E-state index contributed by atoms with van der Waals surface area (Å²) in [5, 5.41) is 11.8. The Hall–Kier alpha value is -1.36. The number of rotatable bonds is 5. The van der Waals surface area contributed by atoms with E-state index in [0.717, 1.165) is 5.57 Å². The third-order valence-corrected chi connectivity index (χ3v) is 3.21. The monoisotopic (exact) mass is 254 g/mol. The van der Waals surface area contributed by atoms with Crippen molar-refractivity contribution >= 4 is 11.9 Å². The molecule has 1 amide bonds. The molecule has 3 atom stereocenters. The Labute approximate surface area is 107 Å². The SMILES string of the molecule is C=C1C[C@H](NC(=O)[C@@H](N)CC(C)C)[C@H](C(=O)O)C1. The van der Waals surface area contributed by atoms with Gasteiger partial charge in [-0.15, -0.1) is 0 Å². The van der Waals surface area contributed by atoms with Gasteiger partial charge < -0.3 is 16.2 Å². The zero-order valence-corrected chi connectivity index (χ0v) is 11.0. The first kappa shape index (κ1) is 14.7. The van der Waals surface area contributed by atoms with Crippen molar-refractivity contribution in [1.29, 1.82) is 0 Å². The van der Waals surface area contributed by atoms with Crippen LogP contribution in [-0.4, -0.2) is 29.1 Å². The Morgan fingerprint density at radius 2 is 2.11 bits per heavy atom. The lowest BCUT2D eigenvalue weighted by atomic mass is 10.0. The summed E-state index contributed by atoms with van der Waals surface area (Å²) in [6.07, 6.45) is 1.55. The maximum atomic E-state index is 11.9. The molecule has 102 valence electrons. The second-order valence-electron chi connectivity index (χ2n) is 5.45. The second-order valence-corrected chi connectivity index (χ2v) is 5.45. The van der Waals surface area contributed by atoms with Crippen molar-refractivity contribution in [3.05, 3.63) is 12.2 Å². The van der Waals surface area contributed by atoms with Crippen LogP contribution in [0.5, 0.6) is 0 Å². The van der Waals surface area contributed by atoms with Crippen LogP contribution in [-0.2, 0) is 9.59 Å². The standard InChI is InChI=1S/C13H22N2O3/c1-7(2)4-10(14)12(16)15-11-6-8(3)5-9(11)13(17)18/h7,9-11H,3-6,14H2,1-2H3,(H,15,16)(H,17,18)/t9-,10+,11+/m1/s1. The number of hydrogen-bond donors (Lipinski definition) is 3. The molecule has 1 fully saturated rings. The first-order valence-corrected chi connectivity index (χ1v) is 6.26. The number of nitrogens with one attached hydrogen (secondary N) is 1. The molecule has 0 spiro atoms. The highest BCUT2D eigenvalue weighted by Crippen LogP contribution is 2.29. The Balaban J connectivity index is 2.58. The number of amides is 1.